The van der Waals surface area contributed by atoms with Gasteiger partial charge in [-0.2, -0.15) is 0 Å². The molecule has 0 atom stereocenters. The lowest BCUT2D eigenvalue weighted by Gasteiger charge is -2.32. The smallest absolute Gasteiger partial charge is 0.253 e. The summed E-state index contributed by atoms with van der Waals surface area (Å²) in [6, 6.07) is 16.3. The standard InChI is InChI=1S/C19H22N2O/c1-15-6-3-4-9-18(15)16-7-5-8-17(14-16)19(22)21-12-10-20(2)11-13-21/h3-9,14H,10-13H2,1-2H3. The van der Waals surface area contributed by atoms with E-state index in [2.05, 4.69) is 37.1 Å². The quantitative estimate of drug-likeness (QED) is 0.850. The van der Waals surface area contributed by atoms with Gasteiger partial charge in [0.2, 0.25) is 0 Å². The number of rotatable bonds is 2. The summed E-state index contributed by atoms with van der Waals surface area (Å²) in [5, 5.41) is 0. The third kappa shape index (κ3) is 3.04. The first-order chi connectivity index (χ1) is 10.6. The number of carbonyl (C=O) groups excluding carboxylic acids is 1. The van der Waals surface area contributed by atoms with Gasteiger partial charge in [-0.3, -0.25) is 4.79 Å². The van der Waals surface area contributed by atoms with Crippen LogP contribution < -0.4 is 0 Å². The Bertz CT molecular complexity index is 673. The summed E-state index contributed by atoms with van der Waals surface area (Å²) in [6.07, 6.45) is 0. The number of amides is 1. The second kappa shape index (κ2) is 6.32. The lowest BCUT2D eigenvalue weighted by atomic mass is 9.98. The Morgan fingerprint density at radius 1 is 0.955 bits per heavy atom. The number of nitrogens with zero attached hydrogens (tertiary/aromatic N) is 2. The molecule has 1 amide bonds. The monoisotopic (exact) mass is 294 g/mol. The summed E-state index contributed by atoms with van der Waals surface area (Å²) in [6.45, 7) is 5.62. The van der Waals surface area contributed by atoms with Crippen LogP contribution in [0.15, 0.2) is 48.5 Å². The van der Waals surface area contributed by atoms with Crippen LogP contribution in [0.4, 0.5) is 0 Å². The minimum atomic E-state index is 0.142. The van der Waals surface area contributed by atoms with Gasteiger partial charge in [0.25, 0.3) is 5.91 Å². The van der Waals surface area contributed by atoms with E-state index in [1.807, 2.05) is 35.2 Å². The van der Waals surface area contributed by atoms with Crippen molar-refractivity contribution in [3.8, 4) is 11.1 Å². The van der Waals surface area contributed by atoms with Crippen LogP contribution in [0.3, 0.4) is 0 Å². The molecule has 3 heteroatoms. The minimum absolute atomic E-state index is 0.142. The summed E-state index contributed by atoms with van der Waals surface area (Å²) in [4.78, 5) is 16.9. The molecule has 1 fully saturated rings. The number of hydrogen-bond donors (Lipinski definition) is 0. The van der Waals surface area contributed by atoms with Gasteiger partial charge in [-0.25, -0.2) is 0 Å². The molecule has 0 spiro atoms. The largest absolute Gasteiger partial charge is 0.336 e. The van der Waals surface area contributed by atoms with Crippen molar-refractivity contribution >= 4 is 5.91 Å². The Morgan fingerprint density at radius 2 is 1.68 bits per heavy atom. The van der Waals surface area contributed by atoms with Crippen LogP contribution in [0.5, 0.6) is 0 Å². The van der Waals surface area contributed by atoms with E-state index in [0.29, 0.717) is 0 Å². The fourth-order valence-electron chi connectivity index (χ4n) is 2.91. The Kier molecular flexibility index (Phi) is 4.25. The van der Waals surface area contributed by atoms with Crippen LogP contribution in [0.2, 0.25) is 0 Å². The Labute approximate surface area is 132 Å². The van der Waals surface area contributed by atoms with Crippen molar-refractivity contribution in [3.05, 3.63) is 59.7 Å². The topological polar surface area (TPSA) is 23.6 Å². The number of benzene rings is 2. The van der Waals surface area contributed by atoms with Crippen molar-refractivity contribution in [1.82, 2.24) is 9.80 Å². The van der Waals surface area contributed by atoms with E-state index in [1.54, 1.807) is 0 Å². The zero-order valence-electron chi connectivity index (χ0n) is 13.2. The van der Waals surface area contributed by atoms with Crippen molar-refractivity contribution in [3.63, 3.8) is 0 Å². The summed E-state index contributed by atoms with van der Waals surface area (Å²) in [5.74, 6) is 0.142. The van der Waals surface area contributed by atoms with E-state index in [1.165, 1.54) is 11.1 Å². The molecule has 1 aliphatic heterocycles. The zero-order chi connectivity index (χ0) is 15.5. The number of piperazine rings is 1. The fraction of sp³-hybridized carbons (Fsp3) is 0.316. The van der Waals surface area contributed by atoms with Crippen molar-refractivity contribution in [2.75, 3.05) is 33.2 Å². The second-order valence-electron chi connectivity index (χ2n) is 5.99. The molecular formula is C19H22N2O. The van der Waals surface area contributed by atoms with Gasteiger partial charge in [-0.05, 0) is 42.8 Å². The zero-order valence-corrected chi connectivity index (χ0v) is 13.2. The third-order valence-corrected chi connectivity index (χ3v) is 4.36. The van der Waals surface area contributed by atoms with E-state index in [0.717, 1.165) is 37.3 Å². The molecular weight excluding hydrogens is 272 g/mol. The molecule has 0 aromatic heterocycles. The Morgan fingerprint density at radius 3 is 2.41 bits per heavy atom. The highest BCUT2D eigenvalue weighted by atomic mass is 16.2. The van der Waals surface area contributed by atoms with Gasteiger partial charge in [0, 0.05) is 31.7 Å². The maximum absolute atomic E-state index is 12.7. The first kappa shape index (κ1) is 14.8. The van der Waals surface area contributed by atoms with Crippen LogP contribution in [-0.4, -0.2) is 48.9 Å². The summed E-state index contributed by atoms with van der Waals surface area (Å²) < 4.78 is 0. The average molecular weight is 294 g/mol. The van der Waals surface area contributed by atoms with E-state index < -0.39 is 0 Å². The van der Waals surface area contributed by atoms with Crippen molar-refractivity contribution in [2.24, 2.45) is 0 Å². The van der Waals surface area contributed by atoms with Gasteiger partial charge in [-0.15, -0.1) is 0 Å². The van der Waals surface area contributed by atoms with Crippen LogP contribution in [0.1, 0.15) is 15.9 Å². The Balaban J connectivity index is 1.85. The molecule has 114 valence electrons. The molecule has 0 aliphatic carbocycles. The number of likely N-dealkylation sites (N-methyl/N-ethyl adjacent to an activating group) is 1. The SMILES string of the molecule is Cc1ccccc1-c1cccc(C(=O)N2CCN(C)CC2)c1. The van der Waals surface area contributed by atoms with Crippen LogP contribution >= 0.6 is 0 Å². The van der Waals surface area contributed by atoms with Gasteiger partial charge in [0.05, 0.1) is 0 Å². The average Bonchev–Trinajstić information content (AvgIpc) is 2.55. The molecule has 2 aromatic carbocycles. The Hall–Kier alpha value is -2.13. The summed E-state index contributed by atoms with van der Waals surface area (Å²) >= 11 is 0. The number of aryl methyl sites for hydroxylation is 1. The maximum atomic E-state index is 12.7. The molecule has 0 unspecified atom stereocenters. The highest BCUT2D eigenvalue weighted by Crippen LogP contribution is 2.24. The molecule has 3 nitrogen and oxygen atoms in total. The normalized spacial score (nSPS) is 15.8. The lowest BCUT2D eigenvalue weighted by Crippen LogP contribution is -2.47. The molecule has 1 aliphatic rings. The van der Waals surface area contributed by atoms with Gasteiger partial charge < -0.3 is 9.80 Å². The first-order valence-corrected chi connectivity index (χ1v) is 7.79. The van der Waals surface area contributed by atoms with E-state index in [4.69, 9.17) is 0 Å². The molecule has 0 saturated carbocycles. The highest BCUT2D eigenvalue weighted by molar-refractivity contribution is 5.95. The number of hydrogen-bond acceptors (Lipinski definition) is 2. The summed E-state index contributed by atoms with van der Waals surface area (Å²) in [5.41, 5.74) is 4.31. The van der Waals surface area contributed by atoms with Crippen molar-refractivity contribution in [2.45, 2.75) is 6.92 Å². The predicted molar refractivity (Wildman–Crippen MR) is 90.0 cm³/mol. The van der Waals surface area contributed by atoms with Gasteiger partial charge in [-0.1, -0.05) is 36.4 Å². The molecule has 1 heterocycles. The maximum Gasteiger partial charge on any atom is 0.253 e. The van der Waals surface area contributed by atoms with Crippen LogP contribution in [-0.2, 0) is 0 Å². The fourth-order valence-corrected chi connectivity index (χ4v) is 2.91. The lowest BCUT2D eigenvalue weighted by molar-refractivity contribution is 0.0664. The van der Waals surface area contributed by atoms with Gasteiger partial charge >= 0.3 is 0 Å². The van der Waals surface area contributed by atoms with Gasteiger partial charge in [0.15, 0.2) is 0 Å². The first-order valence-electron chi connectivity index (χ1n) is 7.79. The predicted octanol–water partition coefficient (Wildman–Crippen LogP) is 3.05. The van der Waals surface area contributed by atoms with Crippen LogP contribution in [0.25, 0.3) is 11.1 Å². The van der Waals surface area contributed by atoms with E-state index >= 15 is 0 Å². The van der Waals surface area contributed by atoms with E-state index in [-0.39, 0.29) is 5.91 Å². The van der Waals surface area contributed by atoms with Crippen LogP contribution in [0, 0.1) is 6.92 Å². The molecule has 1 saturated heterocycles. The number of carbonyl (C=O) groups is 1. The highest BCUT2D eigenvalue weighted by Gasteiger charge is 2.20. The molecule has 0 bridgehead atoms. The minimum Gasteiger partial charge on any atom is -0.336 e. The second-order valence-corrected chi connectivity index (χ2v) is 5.99. The van der Waals surface area contributed by atoms with E-state index in [9.17, 15) is 4.79 Å². The van der Waals surface area contributed by atoms with Gasteiger partial charge in [0.1, 0.15) is 0 Å². The summed E-state index contributed by atoms with van der Waals surface area (Å²) in [7, 11) is 2.10. The molecule has 2 aromatic rings. The third-order valence-electron chi connectivity index (χ3n) is 4.36. The molecule has 0 N–H and O–H groups in total. The van der Waals surface area contributed by atoms with Crippen molar-refractivity contribution < 1.29 is 4.79 Å². The van der Waals surface area contributed by atoms with Crippen molar-refractivity contribution in [1.29, 1.82) is 0 Å². The molecule has 3 rings (SSSR count). The molecule has 22 heavy (non-hydrogen) atoms. The molecule has 0 radical (unpaired) electrons.